The third-order valence-corrected chi connectivity index (χ3v) is 2.80. The predicted molar refractivity (Wildman–Crippen MR) is 73.9 cm³/mol. The SMILES string of the molecule is OCC#Cc1cncc(OCc2cc(F)ccc2Cl)c1. The minimum atomic E-state index is -0.367. The zero-order chi connectivity index (χ0) is 14.4. The molecule has 0 unspecified atom stereocenters. The van der Waals surface area contributed by atoms with Crippen molar-refractivity contribution in [1.29, 1.82) is 0 Å². The second kappa shape index (κ2) is 6.90. The van der Waals surface area contributed by atoms with Gasteiger partial charge in [0.15, 0.2) is 0 Å². The van der Waals surface area contributed by atoms with Gasteiger partial charge in [0.1, 0.15) is 24.8 Å². The Balaban J connectivity index is 2.09. The van der Waals surface area contributed by atoms with Crippen molar-refractivity contribution < 1.29 is 14.2 Å². The normalized spacial score (nSPS) is 9.75. The summed E-state index contributed by atoms with van der Waals surface area (Å²) < 4.78 is 18.6. The molecule has 0 amide bonds. The molecule has 3 nitrogen and oxygen atoms in total. The molecule has 1 heterocycles. The summed E-state index contributed by atoms with van der Waals surface area (Å²) in [7, 11) is 0. The van der Waals surface area contributed by atoms with Crippen LogP contribution in [0.1, 0.15) is 11.1 Å². The van der Waals surface area contributed by atoms with Gasteiger partial charge in [0.05, 0.1) is 6.20 Å². The quantitative estimate of drug-likeness (QED) is 0.884. The van der Waals surface area contributed by atoms with Crippen molar-refractivity contribution in [2.75, 3.05) is 6.61 Å². The number of hydrogen-bond acceptors (Lipinski definition) is 3. The van der Waals surface area contributed by atoms with E-state index < -0.39 is 0 Å². The zero-order valence-electron chi connectivity index (χ0n) is 10.4. The lowest BCUT2D eigenvalue weighted by Gasteiger charge is -2.07. The summed E-state index contributed by atoms with van der Waals surface area (Å²) >= 11 is 5.95. The first-order chi connectivity index (χ1) is 9.69. The van der Waals surface area contributed by atoms with Crippen LogP contribution in [0, 0.1) is 17.7 Å². The lowest BCUT2D eigenvalue weighted by molar-refractivity contribution is 0.304. The minimum Gasteiger partial charge on any atom is -0.487 e. The summed E-state index contributed by atoms with van der Waals surface area (Å²) in [5.74, 6) is 5.37. The van der Waals surface area contributed by atoms with E-state index in [4.69, 9.17) is 21.4 Å². The van der Waals surface area contributed by atoms with E-state index in [0.717, 1.165) is 0 Å². The molecule has 0 fully saturated rings. The Labute approximate surface area is 121 Å². The molecule has 2 aromatic rings. The molecule has 20 heavy (non-hydrogen) atoms. The van der Waals surface area contributed by atoms with Gasteiger partial charge in [0.2, 0.25) is 0 Å². The second-order valence-corrected chi connectivity index (χ2v) is 4.30. The summed E-state index contributed by atoms with van der Waals surface area (Å²) in [6, 6.07) is 5.78. The topological polar surface area (TPSA) is 42.4 Å². The molecule has 0 saturated carbocycles. The van der Waals surface area contributed by atoms with Crippen LogP contribution in [-0.2, 0) is 6.61 Å². The van der Waals surface area contributed by atoms with Gasteiger partial charge in [-0.2, -0.15) is 0 Å². The Morgan fingerprint density at radius 2 is 2.15 bits per heavy atom. The Hall–Kier alpha value is -2.09. The Morgan fingerprint density at radius 3 is 2.95 bits per heavy atom. The third kappa shape index (κ3) is 3.95. The highest BCUT2D eigenvalue weighted by atomic mass is 35.5. The average Bonchev–Trinajstić information content (AvgIpc) is 2.46. The summed E-state index contributed by atoms with van der Waals surface area (Å²) in [4.78, 5) is 3.97. The number of hydrogen-bond donors (Lipinski definition) is 1. The van der Waals surface area contributed by atoms with Crippen LogP contribution in [0.25, 0.3) is 0 Å². The van der Waals surface area contributed by atoms with Gasteiger partial charge >= 0.3 is 0 Å². The van der Waals surface area contributed by atoms with E-state index in [2.05, 4.69) is 16.8 Å². The molecule has 5 heteroatoms. The van der Waals surface area contributed by atoms with Crippen LogP contribution in [0.15, 0.2) is 36.7 Å². The van der Waals surface area contributed by atoms with E-state index in [1.807, 2.05) is 0 Å². The molecule has 1 N–H and O–H groups in total. The van der Waals surface area contributed by atoms with Gasteiger partial charge < -0.3 is 9.84 Å². The smallest absolute Gasteiger partial charge is 0.139 e. The highest BCUT2D eigenvalue weighted by Crippen LogP contribution is 2.19. The summed E-state index contributed by atoms with van der Waals surface area (Å²) in [5, 5.41) is 9.07. The number of pyridine rings is 1. The number of aliphatic hydroxyl groups excluding tert-OH is 1. The average molecular weight is 292 g/mol. The molecule has 2 rings (SSSR count). The van der Waals surface area contributed by atoms with E-state index in [0.29, 0.717) is 21.9 Å². The van der Waals surface area contributed by atoms with Crippen LogP contribution in [0.4, 0.5) is 4.39 Å². The molecule has 0 aliphatic carbocycles. The summed E-state index contributed by atoms with van der Waals surface area (Å²) in [6.07, 6.45) is 3.09. The van der Waals surface area contributed by atoms with Crippen molar-refractivity contribution in [2.45, 2.75) is 6.61 Å². The van der Waals surface area contributed by atoms with Gasteiger partial charge in [-0.25, -0.2) is 4.39 Å². The van der Waals surface area contributed by atoms with E-state index in [1.54, 1.807) is 12.3 Å². The van der Waals surface area contributed by atoms with Crippen molar-refractivity contribution in [3.63, 3.8) is 0 Å². The number of benzene rings is 1. The summed E-state index contributed by atoms with van der Waals surface area (Å²) in [5.41, 5.74) is 1.18. The van der Waals surface area contributed by atoms with Gasteiger partial charge in [-0.05, 0) is 24.3 Å². The molecular formula is C15H11ClFNO2. The molecule has 0 atom stereocenters. The highest BCUT2D eigenvalue weighted by molar-refractivity contribution is 6.31. The Morgan fingerprint density at radius 1 is 1.30 bits per heavy atom. The lowest BCUT2D eigenvalue weighted by Crippen LogP contribution is -1.98. The minimum absolute atomic E-state index is 0.134. The zero-order valence-corrected chi connectivity index (χ0v) is 11.2. The first-order valence-electron chi connectivity index (χ1n) is 5.80. The van der Waals surface area contributed by atoms with Crippen molar-refractivity contribution >= 4 is 11.6 Å². The van der Waals surface area contributed by atoms with E-state index in [1.165, 1.54) is 24.4 Å². The summed E-state index contributed by atoms with van der Waals surface area (Å²) in [6.45, 7) is -0.0842. The Bertz CT molecular complexity index is 664. The van der Waals surface area contributed by atoms with Crippen molar-refractivity contribution in [3.05, 3.63) is 58.6 Å². The molecule has 0 spiro atoms. The van der Waals surface area contributed by atoms with Crippen molar-refractivity contribution in [3.8, 4) is 17.6 Å². The molecule has 0 bridgehead atoms. The maximum Gasteiger partial charge on any atom is 0.139 e. The number of aliphatic hydroxyl groups is 1. The van der Waals surface area contributed by atoms with Gasteiger partial charge in [0, 0.05) is 22.3 Å². The van der Waals surface area contributed by atoms with Crippen LogP contribution in [0.3, 0.4) is 0 Å². The largest absolute Gasteiger partial charge is 0.487 e. The van der Waals surface area contributed by atoms with Crippen LogP contribution in [-0.4, -0.2) is 16.7 Å². The number of ether oxygens (including phenoxy) is 1. The predicted octanol–water partition coefficient (Wildman–Crippen LogP) is 2.80. The molecular weight excluding hydrogens is 281 g/mol. The fourth-order valence-corrected chi connectivity index (χ4v) is 1.69. The van der Waals surface area contributed by atoms with E-state index in [-0.39, 0.29) is 19.0 Å². The third-order valence-electron chi connectivity index (χ3n) is 2.43. The first kappa shape index (κ1) is 14.3. The number of halogens is 2. The van der Waals surface area contributed by atoms with Gasteiger partial charge in [-0.1, -0.05) is 23.4 Å². The fourth-order valence-electron chi connectivity index (χ4n) is 1.52. The van der Waals surface area contributed by atoms with E-state index in [9.17, 15) is 4.39 Å². The van der Waals surface area contributed by atoms with Gasteiger partial charge in [-0.15, -0.1) is 0 Å². The van der Waals surface area contributed by atoms with Gasteiger partial charge in [-0.3, -0.25) is 4.98 Å². The lowest BCUT2D eigenvalue weighted by atomic mass is 10.2. The monoisotopic (exact) mass is 291 g/mol. The van der Waals surface area contributed by atoms with Crippen molar-refractivity contribution in [1.82, 2.24) is 4.98 Å². The second-order valence-electron chi connectivity index (χ2n) is 3.89. The van der Waals surface area contributed by atoms with Crippen LogP contribution < -0.4 is 4.74 Å². The molecule has 0 aliphatic rings. The van der Waals surface area contributed by atoms with Gasteiger partial charge in [0.25, 0.3) is 0 Å². The van der Waals surface area contributed by atoms with Crippen molar-refractivity contribution in [2.24, 2.45) is 0 Å². The molecule has 1 aromatic carbocycles. The maximum absolute atomic E-state index is 13.1. The Kier molecular flexibility index (Phi) is 4.94. The number of rotatable bonds is 3. The van der Waals surface area contributed by atoms with Crippen LogP contribution in [0.5, 0.6) is 5.75 Å². The van der Waals surface area contributed by atoms with Crippen LogP contribution in [0.2, 0.25) is 5.02 Å². The first-order valence-corrected chi connectivity index (χ1v) is 6.18. The maximum atomic E-state index is 13.1. The number of aromatic nitrogens is 1. The number of nitrogens with zero attached hydrogens (tertiary/aromatic N) is 1. The van der Waals surface area contributed by atoms with E-state index >= 15 is 0 Å². The molecule has 1 aromatic heterocycles. The standard InChI is InChI=1S/C15H11ClFNO2/c16-15-4-3-13(17)7-12(15)10-20-14-6-11(2-1-5-19)8-18-9-14/h3-4,6-9,19H,5,10H2. The highest BCUT2D eigenvalue weighted by Gasteiger charge is 2.04. The molecule has 0 radical (unpaired) electrons. The molecule has 0 aliphatic heterocycles. The fraction of sp³-hybridized carbons (Fsp3) is 0.133. The molecule has 0 saturated heterocycles. The molecule has 102 valence electrons. The van der Waals surface area contributed by atoms with Crippen LogP contribution >= 0.6 is 11.6 Å².